The van der Waals surface area contributed by atoms with Gasteiger partial charge >= 0.3 is 6.03 Å². The van der Waals surface area contributed by atoms with Gasteiger partial charge in [0.2, 0.25) is 0 Å². The number of fused-ring (bicyclic) bond motifs is 1. The van der Waals surface area contributed by atoms with Gasteiger partial charge in [0.25, 0.3) is 5.91 Å². The molecule has 1 saturated heterocycles. The molecule has 36 heavy (non-hydrogen) atoms. The predicted molar refractivity (Wildman–Crippen MR) is 130 cm³/mol. The lowest BCUT2D eigenvalue weighted by Gasteiger charge is -2.50. The number of rotatable bonds is 5. The maximum Gasteiger partial charge on any atom is 0.317 e. The zero-order valence-corrected chi connectivity index (χ0v) is 20.3. The van der Waals surface area contributed by atoms with E-state index in [1.54, 1.807) is 11.0 Å². The number of aliphatic hydroxyl groups is 1. The summed E-state index contributed by atoms with van der Waals surface area (Å²) in [7, 11) is 1.91. The SMILES string of the molecule is C[C@@H](O)CNC(=O)c1cc(CNC(=O)N2CCC3(CC2)CC(=O)c2cc(F)ccc2N3C)ccc1F. The molecule has 8 nitrogen and oxygen atoms in total. The zero-order chi connectivity index (χ0) is 26.0. The first-order valence-corrected chi connectivity index (χ1v) is 11.9. The highest BCUT2D eigenvalue weighted by Gasteiger charge is 2.45. The Morgan fingerprint density at radius 3 is 2.53 bits per heavy atom. The fourth-order valence-electron chi connectivity index (χ4n) is 4.91. The Kier molecular flexibility index (Phi) is 7.26. The largest absolute Gasteiger partial charge is 0.392 e. The summed E-state index contributed by atoms with van der Waals surface area (Å²) in [5, 5.41) is 14.6. The zero-order valence-electron chi connectivity index (χ0n) is 20.3. The van der Waals surface area contributed by atoms with Crippen LogP contribution in [0.15, 0.2) is 36.4 Å². The van der Waals surface area contributed by atoms with E-state index >= 15 is 0 Å². The Balaban J connectivity index is 1.35. The van der Waals surface area contributed by atoms with E-state index in [1.807, 2.05) is 11.9 Å². The molecule has 3 N–H and O–H groups in total. The molecule has 2 aromatic rings. The van der Waals surface area contributed by atoms with Crippen LogP contribution in [0.2, 0.25) is 0 Å². The first-order chi connectivity index (χ1) is 17.1. The number of hydrogen-bond acceptors (Lipinski definition) is 5. The van der Waals surface area contributed by atoms with Crippen LogP contribution in [0.3, 0.4) is 0 Å². The van der Waals surface area contributed by atoms with E-state index in [-0.39, 0.29) is 36.9 Å². The number of likely N-dealkylation sites (tertiary alicyclic amines) is 1. The number of nitrogens with one attached hydrogen (secondary N) is 2. The van der Waals surface area contributed by atoms with Crippen LogP contribution in [0.5, 0.6) is 0 Å². The molecule has 0 aliphatic carbocycles. The van der Waals surface area contributed by atoms with E-state index in [0.717, 1.165) is 0 Å². The number of Topliss-reactive ketones (excluding diaryl/α,β-unsaturated/α-hetero) is 1. The number of halogens is 2. The van der Waals surface area contributed by atoms with Crippen LogP contribution in [0.4, 0.5) is 19.3 Å². The minimum Gasteiger partial charge on any atom is -0.392 e. The lowest BCUT2D eigenvalue weighted by molar-refractivity contribution is 0.0888. The van der Waals surface area contributed by atoms with Crippen molar-refractivity contribution < 1.29 is 28.3 Å². The number of piperidine rings is 1. The van der Waals surface area contributed by atoms with Crippen molar-refractivity contribution in [1.82, 2.24) is 15.5 Å². The van der Waals surface area contributed by atoms with E-state index < -0.39 is 29.2 Å². The van der Waals surface area contributed by atoms with Gasteiger partial charge in [0.15, 0.2) is 5.78 Å². The van der Waals surface area contributed by atoms with Crippen molar-refractivity contribution in [1.29, 1.82) is 0 Å². The highest BCUT2D eigenvalue weighted by molar-refractivity contribution is 6.04. The molecule has 0 saturated carbocycles. The second kappa shape index (κ2) is 10.2. The number of benzene rings is 2. The smallest absolute Gasteiger partial charge is 0.317 e. The molecule has 0 aromatic heterocycles. The van der Waals surface area contributed by atoms with Gasteiger partial charge in [0.1, 0.15) is 11.6 Å². The molecule has 1 fully saturated rings. The topological polar surface area (TPSA) is 102 Å². The molecule has 0 bridgehead atoms. The first-order valence-electron chi connectivity index (χ1n) is 11.9. The Hall–Kier alpha value is -3.53. The van der Waals surface area contributed by atoms with E-state index in [4.69, 9.17) is 0 Å². The normalized spacial score (nSPS) is 17.5. The van der Waals surface area contributed by atoms with Gasteiger partial charge < -0.3 is 25.5 Å². The van der Waals surface area contributed by atoms with Crippen molar-refractivity contribution in [2.45, 2.75) is 44.4 Å². The Labute approximate surface area is 208 Å². The van der Waals surface area contributed by atoms with Crippen LogP contribution in [-0.2, 0) is 6.54 Å². The van der Waals surface area contributed by atoms with E-state index in [9.17, 15) is 28.3 Å². The molecular weight excluding hydrogens is 470 g/mol. The number of amides is 3. The summed E-state index contributed by atoms with van der Waals surface area (Å²) >= 11 is 0. The van der Waals surface area contributed by atoms with Crippen molar-refractivity contribution in [3.8, 4) is 0 Å². The van der Waals surface area contributed by atoms with Gasteiger partial charge in [-0.3, -0.25) is 9.59 Å². The molecule has 1 atom stereocenters. The monoisotopic (exact) mass is 500 g/mol. The number of nitrogens with zero attached hydrogens (tertiary/aromatic N) is 2. The van der Waals surface area contributed by atoms with Gasteiger partial charge in [0, 0.05) is 50.9 Å². The Bertz CT molecular complexity index is 1180. The lowest BCUT2D eigenvalue weighted by Crippen LogP contribution is -2.59. The second-order valence-corrected chi connectivity index (χ2v) is 9.56. The summed E-state index contributed by atoms with van der Waals surface area (Å²) in [6, 6.07) is 8.01. The van der Waals surface area contributed by atoms with Crippen LogP contribution in [0, 0.1) is 11.6 Å². The number of hydrogen-bond donors (Lipinski definition) is 3. The molecular formula is C26H30F2N4O4. The van der Waals surface area contributed by atoms with Crippen molar-refractivity contribution in [3.63, 3.8) is 0 Å². The third-order valence-corrected chi connectivity index (χ3v) is 7.08. The fourth-order valence-corrected chi connectivity index (χ4v) is 4.91. The van der Waals surface area contributed by atoms with Crippen molar-refractivity contribution in [2.75, 3.05) is 31.6 Å². The number of carbonyl (C=O) groups is 3. The maximum atomic E-state index is 14.1. The minimum atomic E-state index is -0.757. The van der Waals surface area contributed by atoms with E-state index in [0.29, 0.717) is 42.7 Å². The van der Waals surface area contributed by atoms with Crippen LogP contribution >= 0.6 is 0 Å². The van der Waals surface area contributed by atoms with Crippen LogP contribution < -0.4 is 15.5 Å². The number of urea groups is 1. The Morgan fingerprint density at radius 1 is 1.11 bits per heavy atom. The molecule has 10 heteroatoms. The van der Waals surface area contributed by atoms with Gasteiger partial charge in [-0.25, -0.2) is 13.6 Å². The standard InChI is InChI=1S/C26H30F2N4O4/c1-16(33)14-29-24(35)19-11-17(3-5-21(19)28)15-30-25(36)32-9-7-26(8-10-32)13-23(34)20-12-18(27)4-6-22(20)31(26)2/h3-6,11-12,16,33H,7-10,13-15H2,1-2H3,(H,29,35)(H,30,36)/t16-/m1/s1. The molecule has 2 aliphatic heterocycles. The van der Waals surface area contributed by atoms with Gasteiger partial charge in [-0.05, 0) is 55.7 Å². The lowest BCUT2D eigenvalue weighted by atomic mass is 9.77. The number of anilines is 1. The molecule has 2 aliphatic rings. The summed E-state index contributed by atoms with van der Waals surface area (Å²) in [5.41, 5.74) is 1.07. The summed E-state index contributed by atoms with van der Waals surface area (Å²) in [4.78, 5) is 41.5. The molecule has 4 rings (SSSR count). The average molecular weight is 501 g/mol. The molecule has 2 aromatic carbocycles. The highest BCUT2D eigenvalue weighted by atomic mass is 19.1. The van der Waals surface area contributed by atoms with Gasteiger partial charge in [-0.15, -0.1) is 0 Å². The molecule has 0 radical (unpaired) electrons. The first kappa shape index (κ1) is 25.6. The summed E-state index contributed by atoms with van der Waals surface area (Å²) in [6.45, 7) is 2.50. The molecule has 0 unspecified atom stereocenters. The van der Waals surface area contributed by atoms with Crippen molar-refractivity contribution in [3.05, 3.63) is 64.7 Å². The molecule has 2 heterocycles. The van der Waals surface area contributed by atoms with Crippen molar-refractivity contribution in [2.24, 2.45) is 0 Å². The number of ketones is 1. The van der Waals surface area contributed by atoms with Crippen LogP contribution in [0.25, 0.3) is 0 Å². The molecule has 3 amide bonds. The van der Waals surface area contributed by atoms with E-state index in [2.05, 4.69) is 10.6 Å². The fraction of sp³-hybridized carbons (Fsp3) is 0.423. The average Bonchev–Trinajstić information content (AvgIpc) is 2.85. The van der Waals surface area contributed by atoms with Gasteiger partial charge in [-0.1, -0.05) is 6.07 Å². The van der Waals surface area contributed by atoms with Gasteiger partial charge in [-0.2, -0.15) is 0 Å². The molecule has 1 spiro atoms. The maximum absolute atomic E-state index is 14.1. The summed E-state index contributed by atoms with van der Waals surface area (Å²) in [5.74, 6) is -1.86. The Morgan fingerprint density at radius 2 is 1.83 bits per heavy atom. The number of carbonyl (C=O) groups excluding carboxylic acids is 3. The predicted octanol–water partition coefficient (Wildman–Crippen LogP) is 2.84. The summed E-state index contributed by atoms with van der Waals surface area (Å²) in [6.07, 6.45) is 0.686. The summed E-state index contributed by atoms with van der Waals surface area (Å²) < 4.78 is 27.8. The third kappa shape index (κ3) is 5.18. The van der Waals surface area contributed by atoms with E-state index in [1.165, 1.54) is 37.3 Å². The number of aliphatic hydroxyl groups excluding tert-OH is 1. The highest BCUT2D eigenvalue weighted by Crippen LogP contribution is 2.41. The van der Waals surface area contributed by atoms with Crippen LogP contribution in [0.1, 0.15) is 52.5 Å². The van der Waals surface area contributed by atoms with Crippen molar-refractivity contribution >= 4 is 23.4 Å². The molecule has 192 valence electrons. The minimum absolute atomic E-state index is 0.00105. The second-order valence-electron chi connectivity index (χ2n) is 9.56. The third-order valence-electron chi connectivity index (χ3n) is 7.08. The van der Waals surface area contributed by atoms with Gasteiger partial charge in [0.05, 0.1) is 17.2 Å². The quantitative estimate of drug-likeness (QED) is 0.586. The van der Waals surface area contributed by atoms with Crippen LogP contribution in [-0.4, -0.2) is 66.1 Å².